The molecule has 0 saturated carbocycles. The zero-order valence-corrected chi connectivity index (χ0v) is 13.8. The molecule has 1 N–H and O–H groups in total. The van der Waals surface area contributed by atoms with Crippen molar-refractivity contribution in [1.29, 1.82) is 0 Å². The van der Waals surface area contributed by atoms with Gasteiger partial charge in [0.15, 0.2) is 0 Å². The molecule has 108 valence electrons. The minimum atomic E-state index is 1.11. The minimum absolute atomic E-state index is 1.11. The van der Waals surface area contributed by atoms with Gasteiger partial charge in [-0.2, -0.15) is 0 Å². The average molecular weight is 306 g/mol. The third-order valence-corrected chi connectivity index (χ3v) is 5.09. The van der Waals surface area contributed by atoms with Crippen LogP contribution >= 0.6 is 24.0 Å². The maximum Gasteiger partial charge on any atom is 0.0475 e. The molecule has 2 aromatic rings. The van der Waals surface area contributed by atoms with Gasteiger partial charge in [0, 0.05) is 21.3 Å². The summed E-state index contributed by atoms with van der Waals surface area (Å²) >= 11 is 6.93. The summed E-state index contributed by atoms with van der Waals surface area (Å²) in [5.41, 5.74) is 2.72. The lowest BCUT2D eigenvalue weighted by molar-refractivity contribution is 0.625. The van der Waals surface area contributed by atoms with Gasteiger partial charge in [-0.25, -0.2) is 0 Å². The summed E-state index contributed by atoms with van der Waals surface area (Å²) in [7, 11) is 0. The molecule has 0 spiro atoms. The molecule has 0 aliphatic heterocycles. The Morgan fingerprint density at radius 1 is 1.10 bits per heavy atom. The maximum atomic E-state index is 5.21. The molecule has 0 bridgehead atoms. The molecule has 20 heavy (non-hydrogen) atoms. The molecule has 0 atom stereocenters. The maximum absolute atomic E-state index is 5.21. The highest BCUT2D eigenvalue weighted by molar-refractivity contribution is 8.22. The molecule has 0 radical (unpaired) electrons. The number of benzene rings is 1. The van der Waals surface area contributed by atoms with Crippen LogP contribution in [0.4, 0.5) is 0 Å². The third kappa shape index (κ3) is 4.64. The molecular weight excluding hydrogens is 282 g/mol. The lowest BCUT2D eigenvalue weighted by atomic mass is 10.0. The number of nitrogens with one attached hydrogen (secondary N) is 1. The van der Waals surface area contributed by atoms with Gasteiger partial charge in [-0.3, -0.25) is 0 Å². The summed E-state index contributed by atoms with van der Waals surface area (Å²) < 4.78 is 1.16. The van der Waals surface area contributed by atoms with Gasteiger partial charge in [0.25, 0.3) is 0 Å². The lowest BCUT2D eigenvalue weighted by Gasteiger charge is -2.02. The van der Waals surface area contributed by atoms with Crippen molar-refractivity contribution in [1.82, 2.24) is 4.98 Å². The molecule has 1 aromatic heterocycles. The van der Waals surface area contributed by atoms with Gasteiger partial charge in [0.1, 0.15) is 0 Å². The fourth-order valence-corrected chi connectivity index (χ4v) is 3.05. The van der Waals surface area contributed by atoms with Crippen LogP contribution in [0.5, 0.6) is 0 Å². The quantitative estimate of drug-likeness (QED) is 0.494. The molecule has 0 saturated heterocycles. The molecule has 0 fully saturated rings. The van der Waals surface area contributed by atoms with Gasteiger partial charge in [-0.1, -0.05) is 49.7 Å². The van der Waals surface area contributed by atoms with Crippen LogP contribution in [0, 0.1) is 0 Å². The van der Waals surface area contributed by atoms with Gasteiger partial charge in [-0.15, -0.1) is 11.8 Å². The van der Waals surface area contributed by atoms with E-state index >= 15 is 0 Å². The van der Waals surface area contributed by atoms with Crippen molar-refractivity contribution in [2.75, 3.05) is 6.26 Å². The van der Waals surface area contributed by atoms with Crippen molar-refractivity contribution >= 4 is 39.1 Å². The number of fused-ring (bicyclic) bond motifs is 1. The Bertz CT molecular complexity index is 545. The van der Waals surface area contributed by atoms with E-state index in [-0.39, 0.29) is 0 Å². The number of rotatable bonds is 8. The number of thiocarbonyl (C=S) groups is 1. The molecule has 0 aliphatic carbocycles. The third-order valence-electron chi connectivity index (χ3n) is 3.73. The summed E-state index contributed by atoms with van der Waals surface area (Å²) in [6.45, 7) is 0. The van der Waals surface area contributed by atoms with Crippen LogP contribution in [0.3, 0.4) is 0 Å². The van der Waals surface area contributed by atoms with E-state index in [1.807, 2.05) is 0 Å². The second-order valence-electron chi connectivity index (χ2n) is 5.20. The molecule has 1 nitrogen and oxygen atoms in total. The van der Waals surface area contributed by atoms with Crippen LogP contribution in [0.15, 0.2) is 30.5 Å². The first-order valence-corrected chi connectivity index (χ1v) is 9.06. The van der Waals surface area contributed by atoms with E-state index in [0.717, 1.165) is 10.6 Å². The predicted octanol–water partition coefficient (Wildman–Crippen LogP) is 5.74. The molecule has 0 amide bonds. The highest BCUT2D eigenvalue weighted by Gasteiger charge is 2.02. The Morgan fingerprint density at radius 3 is 2.70 bits per heavy atom. The molecule has 0 aliphatic rings. The van der Waals surface area contributed by atoms with Crippen molar-refractivity contribution in [3.63, 3.8) is 0 Å². The van der Waals surface area contributed by atoms with Gasteiger partial charge >= 0.3 is 0 Å². The monoisotopic (exact) mass is 305 g/mol. The Morgan fingerprint density at radius 2 is 1.85 bits per heavy atom. The summed E-state index contributed by atoms with van der Waals surface area (Å²) in [5, 5.41) is 1.39. The fourth-order valence-electron chi connectivity index (χ4n) is 2.56. The number of para-hydroxylation sites is 1. The molecule has 2 rings (SSSR count). The molecule has 1 heterocycles. The standard InChI is InChI=1S/C17H23NS2/c1-20-17(19)12-6-4-2-3-5-9-14-13-18-16-11-8-7-10-15(14)16/h7-8,10-11,13,18H,2-6,9,12H2,1H3. The smallest absolute Gasteiger partial charge is 0.0475 e. The highest BCUT2D eigenvalue weighted by Crippen LogP contribution is 2.20. The molecule has 3 heteroatoms. The zero-order valence-electron chi connectivity index (χ0n) is 12.2. The Balaban J connectivity index is 1.63. The number of thioether (sulfide) groups is 1. The number of hydrogen-bond acceptors (Lipinski definition) is 2. The van der Waals surface area contributed by atoms with Crippen molar-refractivity contribution in [3.05, 3.63) is 36.0 Å². The van der Waals surface area contributed by atoms with Crippen molar-refractivity contribution in [2.45, 2.75) is 44.9 Å². The first kappa shape index (κ1) is 15.6. The van der Waals surface area contributed by atoms with Crippen LogP contribution in [-0.4, -0.2) is 15.4 Å². The normalized spacial score (nSPS) is 11.1. The SMILES string of the molecule is CSC(=S)CCCCCCCc1c[nH]c2ccccc12. The minimum Gasteiger partial charge on any atom is -0.361 e. The number of unbranched alkanes of at least 4 members (excludes halogenated alkanes) is 4. The van der Waals surface area contributed by atoms with E-state index in [0.29, 0.717) is 0 Å². The van der Waals surface area contributed by atoms with Gasteiger partial charge < -0.3 is 4.98 Å². The van der Waals surface area contributed by atoms with Crippen LogP contribution in [-0.2, 0) is 6.42 Å². The Hall–Kier alpha value is -0.800. The van der Waals surface area contributed by atoms with Crippen molar-refractivity contribution in [3.8, 4) is 0 Å². The molecule has 0 unspecified atom stereocenters. The van der Waals surface area contributed by atoms with Crippen molar-refractivity contribution < 1.29 is 0 Å². The summed E-state index contributed by atoms with van der Waals surface area (Å²) in [4.78, 5) is 3.35. The average Bonchev–Trinajstić information content (AvgIpc) is 2.89. The van der Waals surface area contributed by atoms with Crippen molar-refractivity contribution in [2.24, 2.45) is 0 Å². The number of H-pyrrole nitrogens is 1. The van der Waals surface area contributed by atoms with Gasteiger partial charge in [-0.05, 0) is 43.6 Å². The zero-order chi connectivity index (χ0) is 14.2. The largest absolute Gasteiger partial charge is 0.361 e. The van der Waals surface area contributed by atoms with Gasteiger partial charge in [0.05, 0.1) is 0 Å². The number of aryl methyl sites for hydroxylation is 1. The first-order valence-electron chi connectivity index (χ1n) is 7.43. The number of aromatic nitrogens is 1. The van der Waals surface area contributed by atoms with Crippen LogP contribution < -0.4 is 0 Å². The molecular formula is C17H23NS2. The van der Waals surface area contributed by atoms with E-state index in [9.17, 15) is 0 Å². The fraction of sp³-hybridized carbons (Fsp3) is 0.471. The Kier molecular flexibility index (Phi) is 6.61. The summed E-state index contributed by atoms with van der Waals surface area (Å²) in [5.74, 6) is 0. The number of aromatic amines is 1. The second kappa shape index (κ2) is 8.48. The predicted molar refractivity (Wildman–Crippen MR) is 95.8 cm³/mol. The van der Waals surface area contributed by atoms with Gasteiger partial charge in [0.2, 0.25) is 0 Å². The molecule has 1 aromatic carbocycles. The van der Waals surface area contributed by atoms with E-state index in [1.54, 1.807) is 11.8 Å². The summed E-state index contributed by atoms with van der Waals surface area (Å²) in [6.07, 6.45) is 13.1. The first-order chi connectivity index (χ1) is 9.81. The highest BCUT2D eigenvalue weighted by atomic mass is 32.2. The van der Waals surface area contributed by atoms with E-state index < -0.39 is 0 Å². The van der Waals surface area contributed by atoms with E-state index in [2.05, 4.69) is 41.7 Å². The number of hydrogen-bond donors (Lipinski definition) is 1. The summed E-state index contributed by atoms with van der Waals surface area (Å²) in [6, 6.07) is 8.56. The topological polar surface area (TPSA) is 15.8 Å². The Labute approximate surface area is 131 Å². The van der Waals surface area contributed by atoms with E-state index in [1.165, 1.54) is 55.0 Å². The van der Waals surface area contributed by atoms with E-state index in [4.69, 9.17) is 12.2 Å². The van der Waals surface area contributed by atoms with Crippen LogP contribution in [0.25, 0.3) is 10.9 Å². The second-order valence-corrected chi connectivity index (χ2v) is 6.86. The lowest BCUT2D eigenvalue weighted by Crippen LogP contribution is -1.88. The van der Waals surface area contributed by atoms with Crippen LogP contribution in [0.2, 0.25) is 0 Å². The van der Waals surface area contributed by atoms with Crippen LogP contribution in [0.1, 0.15) is 44.1 Å².